The number of fused-ring (bicyclic) bond motifs is 6. The lowest BCUT2D eigenvalue weighted by Gasteiger charge is -2.43. The number of rotatable bonds is 3. The van der Waals surface area contributed by atoms with Crippen molar-refractivity contribution in [3.8, 4) is 11.1 Å². The second-order valence-electron chi connectivity index (χ2n) is 9.75. The predicted octanol–water partition coefficient (Wildman–Crippen LogP) is 6.04. The lowest BCUT2D eigenvalue weighted by Crippen LogP contribution is -2.56. The normalized spacial score (nSPS) is 20.6. The molecule has 2 aliphatic heterocycles. The summed E-state index contributed by atoms with van der Waals surface area (Å²) in [6.07, 6.45) is 4.44. The van der Waals surface area contributed by atoms with Gasteiger partial charge in [0, 0.05) is 17.5 Å². The first kappa shape index (κ1) is 21.3. The minimum atomic E-state index is -0.267. The summed E-state index contributed by atoms with van der Waals surface area (Å²) in [5, 5.41) is 2.31. The highest BCUT2D eigenvalue weighted by atomic mass is 16.6. The molecule has 1 aromatic heterocycles. The van der Waals surface area contributed by atoms with Crippen molar-refractivity contribution < 1.29 is 14.3 Å². The summed E-state index contributed by atoms with van der Waals surface area (Å²) in [6.45, 7) is 1.29. The van der Waals surface area contributed by atoms with Crippen LogP contribution in [0.2, 0.25) is 0 Å². The summed E-state index contributed by atoms with van der Waals surface area (Å²) < 4.78 is 11.9. The van der Waals surface area contributed by atoms with Crippen molar-refractivity contribution >= 4 is 22.4 Å². The number of hydrogen-bond donors (Lipinski definition) is 0. The molecule has 36 heavy (non-hydrogen) atoms. The number of carbonyl (C=O) groups is 1. The van der Waals surface area contributed by atoms with Crippen LogP contribution in [0.3, 0.4) is 0 Å². The molecule has 2 atom stereocenters. The van der Waals surface area contributed by atoms with Gasteiger partial charge in [-0.15, -0.1) is 0 Å². The monoisotopic (exact) mass is 474 g/mol. The van der Waals surface area contributed by atoms with Crippen LogP contribution in [0, 0.1) is 0 Å². The molecule has 2 bridgehead atoms. The van der Waals surface area contributed by atoms with Gasteiger partial charge in [-0.05, 0) is 45.7 Å². The number of aromatic nitrogens is 1. The van der Waals surface area contributed by atoms with Crippen LogP contribution in [0.15, 0.2) is 91.1 Å². The van der Waals surface area contributed by atoms with Crippen molar-refractivity contribution in [2.24, 2.45) is 0 Å². The molecular weight excluding hydrogens is 448 g/mol. The number of amides is 1. The molecule has 0 saturated carbocycles. The molecule has 1 fully saturated rings. The average molecular weight is 475 g/mol. The molecule has 5 nitrogen and oxygen atoms in total. The maximum atomic E-state index is 13.5. The highest BCUT2D eigenvalue weighted by Crippen LogP contribution is 2.44. The Morgan fingerprint density at radius 3 is 2.42 bits per heavy atom. The quantitative estimate of drug-likeness (QED) is 0.363. The zero-order valence-electron chi connectivity index (χ0n) is 19.8. The number of pyridine rings is 1. The lowest BCUT2D eigenvalue weighted by molar-refractivity contribution is -0.0331. The van der Waals surface area contributed by atoms with Gasteiger partial charge in [0.2, 0.25) is 0 Å². The first-order chi connectivity index (χ1) is 17.8. The van der Waals surface area contributed by atoms with Gasteiger partial charge in [-0.3, -0.25) is 9.88 Å². The van der Waals surface area contributed by atoms with Crippen molar-refractivity contribution in [2.75, 3.05) is 19.8 Å². The molecule has 178 valence electrons. The highest BCUT2D eigenvalue weighted by molar-refractivity contribution is 5.92. The van der Waals surface area contributed by atoms with Crippen LogP contribution in [0.1, 0.15) is 29.2 Å². The molecule has 1 saturated heterocycles. The molecule has 3 aliphatic rings. The Morgan fingerprint density at radius 2 is 1.64 bits per heavy atom. The summed E-state index contributed by atoms with van der Waals surface area (Å²) in [5.74, 6) is 0.0493. The van der Waals surface area contributed by atoms with Gasteiger partial charge in [-0.2, -0.15) is 0 Å². The number of carbonyl (C=O) groups excluding carboxylic acids is 1. The summed E-state index contributed by atoms with van der Waals surface area (Å²) >= 11 is 0. The van der Waals surface area contributed by atoms with Crippen LogP contribution >= 0.6 is 0 Å². The molecule has 4 aromatic rings. The van der Waals surface area contributed by atoms with Gasteiger partial charge in [0.05, 0.1) is 31.0 Å². The van der Waals surface area contributed by atoms with Gasteiger partial charge in [0.25, 0.3) is 0 Å². The van der Waals surface area contributed by atoms with E-state index in [0.29, 0.717) is 26.2 Å². The van der Waals surface area contributed by atoms with E-state index in [1.165, 1.54) is 33.2 Å². The van der Waals surface area contributed by atoms with Crippen LogP contribution in [-0.4, -0.2) is 47.9 Å². The Kier molecular flexibility index (Phi) is 5.10. The Balaban J connectivity index is 1.14. The maximum absolute atomic E-state index is 13.5. The molecule has 3 aromatic carbocycles. The Labute approximate surface area is 210 Å². The zero-order valence-corrected chi connectivity index (χ0v) is 19.8. The van der Waals surface area contributed by atoms with E-state index in [1.54, 1.807) is 0 Å². The van der Waals surface area contributed by atoms with Crippen LogP contribution in [0.25, 0.3) is 27.5 Å². The zero-order chi connectivity index (χ0) is 24.1. The number of benzene rings is 3. The van der Waals surface area contributed by atoms with Gasteiger partial charge < -0.3 is 9.47 Å². The van der Waals surface area contributed by atoms with Gasteiger partial charge in [-0.25, -0.2) is 4.79 Å². The molecule has 7 rings (SSSR count). The van der Waals surface area contributed by atoms with Crippen molar-refractivity contribution in [2.45, 2.75) is 24.4 Å². The fourth-order valence-corrected chi connectivity index (χ4v) is 6.10. The van der Waals surface area contributed by atoms with E-state index in [9.17, 15) is 4.79 Å². The second-order valence-corrected chi connectivity index (χ2v) is 9.75. The minimum absolute atomic E-state index is 0.0493. The van der Waals surface area contributed by atoms with Gasteiger partial charge >= 0.3 is 6.09 Å². The molecule has 0 N–H and O–H groups in total. The third-order valence-electron chi connectivity index (χ3n) is 7.72. The third kappa shape index (κ3) is 3.42. The van der Waals surface area contributed by atoms with Crippen molar-refractivity contribution in [1.82, 2.24) is 9.88 Å². The van der Waals surface area contributed by atoms with Crippen LogP contribution in [0.4, 0.5) is 4.79 Å². The average Bonchev–Trinajstić information content (AvgIpc) is 3.24. The molecule has 2 unspecified atom stereocenters. The summed E-state index contributed by atoms with van der Waals surface area (Å²) in [4.78, 5) is 20.0. The van der Waals surface area contributed by atoms with E-state index in [1.807, 2.05) is 29.3 Å². The maximum Gasteiger partial charge on any atom is 0.410 e. The Bertz CT molecular complexity index is 1460. The lowest BCUT2D eigenvalue weighted by atomic mass is 9.90. The third-order valence-corrected chi connectivity index (χ3v) is 7.72. The first-order valence-corrected chi connectivity index (χ1v) is 12.5. The molecule has 1 amide bonds. The molecule has 0 radical (unpaired) electrons. The van der Waals surface area contributed by atoms with Gasteiger partial charge in [-0.1, -0.05) is 78.9 Å². The number of morpholine rings is 1. The highest BCUT2D eigenvalue weighted by Gasteiger charge is 2.40. The van der Waals surface area contributed by atoms with E-state index < -0.39 is 0 Å². The standard InChI is InChI=1S/C31H26N2O3/c34-31(36-19-29-27-11-5-3-9-25(27)26-10-4-6-12-28(26)29)33-22-15-21(16-23(33)18-35-17-22)30-24-8-2-1-7-20(24)13-14-32-30/h1-15,22-23,29H,16-19H2. The topological polar surface area (TPSA) is 51.7 Å². The molecular formula is C31H26N2O3. The van der Waals surface area contributed by atoms with E-state index >= 15 is 0 Å². The largest absolute Gasteiger partial charge is 0.448 e. The number of ether oxygens (including phenoxy) is 2. The summed E-state index contributed by atoms with van der Waals surface area (Å²) in [7, 11) is 0. The first-order valence-electron chi connectivity index (χ1n) is 12.5. The minimum Gasteiger partial charge on any atom is -0.448 e. The molecule has 0 spiro atoms. The van der Waals surface area contributed by atoms with E-state index in [2.05, 4.69) is 66.7 Å². The van der Waals surface area contributed by atoms with Crippen LogP contribution in [0.5, 0.6) is 0 Å². The van der Waals surface area contributed by atoms with Crippen molar-refractivity contribution in [1.29, 1.82) is 0 Å². The number of hydrogen-bond acceptors (Lipinski definition) is 4. The molecule has 5 heteroatoms. The van der Waals surface area contributed by atoms with E-state index in [0.717, 1.165) is 11.1 Å². The molecule has 1 aliphatic carbocycles. The van der Waals surface area contributed by atoms with Gasteiger partial charge in [0.1, 0.15) is 6.61 Å². The SMILES string of the molecule is O=C(OCC1c2ccccc2-c2ccccc21)N1C2C=C(c3nccc4ccccc34)CC1COC2. The predicted molar refractivity (Wildman–Crippen MR) is 140 cm³/mol. The molecule has 3 heterocycles. The smallest absolute Gasteiger partial charge is 0.410 e. The van der Waals surface area contributed by atoms with Crippen molar-refractivity contribution in [3.63, 3.8) is 0 Å². The van der Waals surface area contributed by atoms with Crippen LogP contribution in [-0.2, 0) is 9.47 Å². The summed E-state index contributed by atoms with van der Waals surface area (Å²) in [6, 6.07) is 26.9. The Hall–Kier alpha value is -3.96. The van der Waals surface area contributed by atoms with Crippen molar-refractivity contribution in [3.05, 3.63) is 108 Å². The van der Waals surface area contributed by atoms with E-state index in [4.69, 9.17) is 14.5 Å². The summed E-state index contributed by atoms with van der Waals surface area (Å²) in [5.41, 5.74) is 7.07. The fraction of sp³-hybridized carbons (Fsp3) is 0.226. The second kappa shape index (κ2) is 8.61. The van der Waals surface area contributed by atoms with E-state index in [-0.39, 0.29) is 24.1 Å². The Morgan fingerprint density at radius 1 is 0.917 bits per heavy atom. The van der Waals surface area contributed by atoms with Crippen LogP contribution < -0.4 is 0 Å². The number of nitrogens with zero attached hydrogens (tertiary/aromatic N) is 2. The fourth-order valence-electron chi connectivity index (χ4n) is 6.10. The van der Waals surface area contributed by atoms with Gasteiger partial charge in [0.15, 0.2) is 0 Å².